The molecule has 2 rings (SSSR count). The molecule has 0 radical (unpaired) electrons. The fraction of sp³-hybridized carbons (Fsp3) is 0.625. The molecule has 1 saturated heterocycles. The largest absolute Gasteiger partial charge is 0.377 e. The van der Waals surface area contributed by atoms with Gasteiger partial charge in [-0.3, -0.25) is 4.90 Å². The van der Waals surface area contributed by atoms with E-state index in [9.17, 15) is 0 Å². The summed E-state index contributed by atoms with van der Waals surface area (Å²) in [6.45, 7) is 5.48. The van der Waals surface area contributed by atoms with Crippen LogP contribution in [0.5, 0.6) is 0 Å². The predicted molar refractivity (Wildman–Crippen MR) is 89.1 cm³/mol. The van der Waals surface area contributed by atoms with Gasteiger partial charge in [-0.1, -0.05) is 30.1 Å². The Kier molecular flexibility index (Phi) is 6.77. The molecule has 0 saturated carbocycles. The molecule has 1 fully saturated rings. The number of hydrogen-bond donors (Lipinski definition) is 1. The van der Waals surface area contributed by atoms with E-state index in [4.69, 9.17) is 33.7 Å². The van der Waals surface area contributed by atoms with E-state index >= 15 is 0 Å². The molecule has 21 heavy (non-hydrogen) atoms. The lowest BCUT2D eigenvalue weighted by molar-refractivity contribution is -0.0118. The van der Waals surface area contributed by atoms with Crippen LogP contribution in [0.2, 0.25) is 10.0 Å². The van der Waals surface area contributed by atoms with Crippen molar-refractivity contribution in [2.75, 3.05) is 26.2 Å². The average Bonchev–Trinajstić information content (AvgIpc) is 2.45. The van der Waals surface area contributed by atoms with E-state index in [-0.39, 0.29) is 6.04 Å². The van der Waals surface area contributed by atoms with Gasteiger partial charge in [0.15, 0.2) is 0 Å². The van der Waals surface area contributed by atoms with Crippen LogP contribution in [-0.2, 0) is 4.74 Å². The van der Waals surface area contributed by atoms with Gasteiger partial charge in [0.1, 0.15) is 0 Å². The lowest BCUT2D eigenvalue weighted by Gasteiger charge is -2.38. The highest BCUT2D eigenvalue weighted by Crippen LogP contribution is 2.29. The minimum absolute atomic E-state index is 0.147. The normalized spacial score (nSPS) is 21.4. The van der Waals surface area contributed by atoms with Crippen molar-refractivity contribution in [2.24, 2.45) is 5.73 Å². The number of halogens is 2. The van der Waals surface area contributed by atoms with Crippen LogP contribution in [0.3, 0.4) is 0 Å². The molecule has 1 heterocycles. The Balaban J connectivity index is 2.09. The summed E-state index contributed by atoms with van der Waals surface area (Å²) in [5.74, 6) is 0. The van der Waals surface area contributed by atoms with E-state index in [0.717, 1.165) is 44.5 Å². The van der Waals surface area contributed by atoms with Gasteiger partial charge in [0.2, 0.25) is 0 Å². The number of likely N-dealkylation sites (tertiary alicyclic amines) is 1. The van der Waals surface area contributed by atoms with Crippen molar-refractivity contribution in [1.82, 2.24) is 4.90 Å². The molecule has 2 unspecified atom stereocenters. The first-order valence-electron chi connectivity index (χ1n) is 7.65. The summed E-state index contributed by atoms with van der Waals surface area (Å²) >= 11 is 12.2. The van der Waals surface area contributed by atoms with Crippen molar-refractivity contribution in [1.29, 1.82) is 0 Å². The van der Waals surface area contributed by atoms with Gasteiger partial charge in [0, 0.05) is 35.8 Å². The molecular formula is C16H24Cl2N2O. The zero-order valence-electron chi connectivity index (χ0n) is 12.5. The van der Waals surface area contributed by atoms with Crippen molar-refractivity contribution in [3.05, 3.63) is 33.8 Å². The number of benzene rings is 1. The highest BCUT2D eigenvalue weighted by molar-refractivity contribution is 6.34. The molecule has 2 atom stereocenters. The summed E-state index contributed by atoms with van der Waals surface area (Å²) in [5.41, 5.74) is 7.10. The van der Waals surface area contributed by atoms with Gasteiger partial charge < -0.3 is 10.5 Å². The molecule has 1 aliphatic heterocycles. The van der Waals surface area contributed by atoms with Crippen LogP contribution in [-0.4, -0.2) is 37.2 Å². The molecule has 3 nitrogen and oxygen atoms in total. The lowest BCUT2D eigenvalue weighted by atomic mass is 10.0. The summed E-state index contributed by atoms with van der Waals surface area (Å²) in [5, 5.41) is 1.32. The second-order valence-electron chi connectivity index (χ2n) is 5.58. The number of hydrogen-bond acceptors (Lipinski definition) is 3. The van der Waals surface area contributed by atoms with E-state index in [2.05, 4.69) is 11.8 Å². The highest BCUT2D eigenvalue weighted by atomic mass is 35.5. The Labute approximate surface area is 137 Å². The molecule has 2 N–H and O–H groups in total. The average molecular weight is 331 g/mol. The predicted octanol–water partition coefficient (Wildman–Crippen LogP) is 3.88. The number of nitrogens with zero attached hydrogens (tertiary/aromatic N) is 1. The molecule has 1 aromatic carbocycles. The fourth-order valence-electron chi connectivity index (χ4n) is 2.93. The van der Waals surface area contributed by atoms with E-state index in [1.54, 1.807) is 6.07 Å². The van der Waals surface area contributed by atoms with Crippen LogP contribution in [0.25, 0.3) is 0 Å². The zero-order chi connectivity index (χ0) is 15.2. The maximum atomic E-state index is 6.12. The van der Waals surface area contributed by atoms with Gasteiger partial charge in [-0.2, -0.15) is 0 Å². The fourth-order valence-corrected chi connectivity index (χ4v) is 3.48. The molecule has 0 aromatic heterocycles. The topological polar surface area (TPSA) is 38.5 Å². The number of ether oxygens (including phenoxy) is 1. The molecule has 1 aromatic rings. The molecule has 0 aliphatic carbocycles. The quantitative estimate of drug-likeness (QED) is 0.860. The highest BCUT2D eigenvalue weighted by Gasteiger charge is 2.26. The van der Waals surface area contributed by atoms with E-state index in [0.29, 0.717) is 22.7 Å². The third-order valence-corrected chi connectivity index (χ3v) is 4.34. The van der Waals surface area contributed by atoms with Crippen LogP contribution < -0.4 is 5.73 Å². The summed E-state index contributed by atoms with van der Waals surface area (Å²) in [6.07, 6.45) is 3.63. The van der Waals surface area contributed by atoms with E-state index in [1.165, 1.54) is 0 Å². The Morgan fingerprint density at radius 3 is 2.67 bits per heavy atom. The van der Waals surface area contributed by atoms with Crippen LogP contribution in [0, 0.1) is 0 Å². The van der Waals surface area contributed by atoms with Gasteiger partial charge in [0.25, 0.3) is 0 Å². The smallest absolute Gasteiger partial charge is 0.0702 e. The molecule has 5 heteroatoms. The molecular weight excluding hydrogens is 307 g/mol. The maximum absolute atomic E-state index is 6.12. The van der Waals surface area contributed by atoms with Crippen molar-refractivity contribution in [3.8, 4) is 0 Å². The summed E-state index contributed by atoms with van der Waals surface area (Å²) in [6, 6.07) is 5.82. The van der Waals surface area contributed by atoms with E-state index < -0.39 is 0 Å². The van der Waals surface area contributed by atoms with Gasteiger partial charge >= 0.3 is 0 Å². The number of nitrogens with two attached hydrogens (primary N) is 1. The first-order valence-corrected chi connectivity index (χ1v) is 8.41. The Morgan fingerprint density at radius 2 is 2.05 bits per heavy atom. The maximum Gasteiger partial charge on any atom is 0.0702 e. The van der Waals surface area contributed by atoms with Gasteiger partial charge in [-0.15, -0.1) is 0 Å². The molecule has 0 amide bonds. The van der Waals surface area contributed by atoms with Crippen molar-refractivity contribution < 1.29 is 4.74 Å². The SMILES string of the molecule is CCCOC1CCCN(C(CN)c2cc(Cl)cc(Cl)c2)C1. The second-order valence-corrected chi connectivity index (χ2v) is 6.46. The summed E-state index contributed by atoms with van der Waals surface area (Å²) in [7, 11) is 0. The van der Waals surface area contributed by atoms with Gasteiger partial charge in [-0.25, -0.2) is 0 Å². The lowest BCUT2D eigenvalue weighted by Crippen LogP contribution is -2.44. The Morgan fingerprint density at radius 1 is 1.33 bits per heavy atom. The van der Waals surface area contributed by atoms with Crippen LogP contribution in [0.4, 0.5) is 0 Å². The van der Waals surface area contributed by atoms with E-state index in [1.807, 2.05) is 12.1 Å². The third kappa shape index (κ3) is 4.83. The standard InChI is InChI=1S/C16H24Cl2N2O/c1-2-6-21-15-4-3-5-20(11-15)16(10-19)12-7-13(17)9-14(18)8-12/h7-9,15-16H,2-6,10-11,19H2,1H3. The minimum atomic E-state index is 0.147. The summed E-state index contributed by atoms with van der Waals surface area (Å²) in [4.78, 5) is 2.39. The van der Waals surface area contributed by atoms with Crippen LogP contribution in [0.15, 0.2) is 18.2 Å². The Hall–Kier alpha value is -0.320. The van der Waals surface area contributed by atoms with Crippen molar-refractivity contribution in [2.45, 2.75) is 38.3 Å². The van der Waals surface area contributed by atoms with Crippen molar-refractivity contribution >= 4 is 23.2 Å². The Bertz CT molecular complexity index is 436. The first-order chi connectivity index (χ1) is 10.1. The molecule has 118 valence electrons. The third-order valence-electron chi connectivity index (χ3n) is 3.90. The number of rotatable bonds is 6. The summed E-state index contributed by atoms with van der Waals surface area (Å²) < 4.78 is 5.91. The van der Waals surface area contributed by atoms with Crippen molar-refractivity contribution in [3.63, 3.8) is 0 Å². The minimum Gasteiger partial charge on any atom is -0.377 e. The molecule has 0 bridgehead atoms. The first kappa shape index (κ1) is 17.0. The van der Waals surface area contributed by atoms with Gasteiger partial charge in [0.05, 0.1) is 6.10 Å². The molecule has 0 spiro atoms. The van der Waals surface area contributed by atoms with Crippen LogP contribution >= 0.6 is 23.2 Å². The second kappa shape index (κ2) is 8.35. The zero-order valence-corrected chi connectivity index (χ0v) is 14.0. The monoisotopic (exact) mass is 330 g/mol. The van der Waals surface area contributed by atoms with Gasteiger partial charge in [-0.05, 0) is 49.6 Å². The number of piperidine rings is 1. The van der Waals surface area contributed by atoms with Crippen LogP contribution in [0.1, 0.15) is 37.8 Å². The molecule has 1 aliphatic rings.